The third-order valence-corrected chi connectivity index (χ3v) is 2.13. The maximum absolute atomic E-state index is 13.2. The summed E-state index contributed by atoms with van der Waals surface area (Å²) in [7, 11) is 0. The van der Waals surface area contributed by atoms with E-state index >= 15 is 0 Å². The molecule has 17 heavy (non-hydrogen) atoms. The molecule has 0 amide bonds. The summed E-state index contributed by atoms with van der Waals surface area (Å²) in [6.07, 6.45) is 0. The second-order valence-corrected chi connectivity index (χ2v) is 3.40. The van der Waals surface area contributed by atoms with Crippen molar-refractivity contribution in [3.05, 3.63) is 65.5 Å². The molecule has 2 aromatic carbocycles. The molecule has 87 valence electrons. The first-order valence-electron chi connectivity index (χ1n) is 4.89. The van der Waals surface area contributed by atoms with Gasteiger partial charge in [-0.2, -0.15) is 0 Å². The molecule has 1 radical (unpaired) electrons. The van der Waals surface area contributed by atoms with E-state index in [9.17, 15) is 13.2 Å². The van der Waals surface area contributed by atoms with Gasteiger partial charge in [-0.15, -0.1) is 0 Å². The monoisotopic (exact) mass is 237 g/mol. The van der Waals surface area contributed by atoms with Crippen molar-refractivity contribution < 1.29 is 17.9 Å². The van der Waals surface area contributed by atoms with Gasteiger partial charge in [-0.25, -0.2) is 13.2 Å². The molecule has 0 atom stereocenters. The molecule has 0 bridgehead atoms. The largest absolute Gasteiger partial charge is 0.488 e. The summed E-state index contributed by atoms with van der Waals surface area (Å²) < 4.78 is 44.0. The van der Waals surface area contributed by atoms with Crippen LogP contribution in [-0.4, -0.2) is 0 Å². The molecule has 0 aromatic heterocycles. The summed E-state index contributed by atoms with van der Waals surface area (Å²) >= 11 is 0. The lowest BCUT2D eigenvalue weighted by Gasteiger charge is -2.06. The highest BCUT2D eigenvalue weighted by Crippen LogP contribution is 2.15. The Kier molecular flexibility index (Phi) is 3.32. The molecule has 0 N–H and O–H groups in total. The zero-order valence-corrected chi connectivity index (χ0v) is 8.71. The van der Waals surface area contributed by atoms with Gasteiger partial charge in [0.25, 0.3) is 0 Å². The van der Waals surface area contributed by atoms with Gasteiger partial charge in [0.2, 0.25) is 0 Å². The standard InChI is InChI=1S/C13H8F3O/c14-10-2-1-3-12(7-10)17-8-9-6-11(15)4-5-13(9)16/h1-2,4-7H,8H2. The minimum atomic E-state index is -0.567. The first-order chi connectivity index (χ1) is 8.15. The van der Waals surface area contributed by atoms with E-state index in [1.807, 2.05) is 0 Å². The lowest BCUT2D eigenvalue weighted by atomic mass is 10.2. The van der Waals surface area contributed by atoms with E-state index in [0.717, 1.165) is 24.3 Å². The first kappa shape index (κ1) is 11.5. The molecule has 4 heteroatoms. The van der Waals surface area contributed by atoms with E-state index in [-0.39, 0.29) is 17.9 Å². The molecule has 0 heterocycles. The van der Waals surface area contributed by atoms with Crippen molar-refractivity contribution in [3.63, 3.8) is 0 Å². The fraction of sp³-hybridized carbons (Fsp3) is 0.0769. The van der Waals surface area contributed by atoms with Crippen molar-refractivity contribution in [1.29, 1.82) is 0 Å². The van der Waals surface area contributed by atoms with Gasteiger partial charge < -0.3 is 4.74 Å². The molecule has 0 aliphatic carbocycles. The van der Waals surface area contributed by atoms with Crippen molar-refractivity contribution in [2.45, 2.75) is 6.61 Å². The molecule has 2 aromatic rings. The Morgan fingerprint density at radius 1 is 1.00 bits per heavy atom. The Hall–Kier alpha value is -1.97. The van der Waals surface area contributed by atoms with Gasteiger partial charge in [0, 0.05) is 17.7 Å². The van der Waals surface area contributed by atoms with E-state index < -0.39 is 17.5 Å². The summed E-state index contributed by atoms with van der Waals surface area (Å²) in [4.78, 5) is 0. The normalized spacial score (nSPS) is 10.3. The van der Waals surface area contributed by atoms with Gasteiger partial charge in [0.15, 0.2) is 0 Å². The summed E-state index contributed by atoms with van der Waals surface area (Å²) in [5.41, 5.74) is 0.0719. The minimum absolute atomic E-state index is 0.0719. The average molecular weight is 237 g/mol. The predicted octanol–water partition coefficient (Wildman–Crippen LogP) is 3.48. The van der Waals surface area contributed by atoms with Crippen LogP contribution in [0.25, 0.3) is 0 Å². The van der Waals surface area contributed by atoms with Crippen LogP contribution < -0.4 is 4.74 Å². The number of ether oxygens (including phenoxy) is 1. The molecule has 0 saturated heterocycles. The summed E-state index contributed by atoms with van der Waals surface area (Å²) in [5, 5.41) is 0. The van der Waals surface area contributed by atoms with Crippen LogP contribution in [0.2, 0.25) is 0 Å². The van der Waals surface area contributed by atoms with Crippen molar-refractivity contribution in [2.75, 3.05) is 0 Å². The maximum atomic E-state index is 13.2. The SMILES string of the molecule is Fc1cc[c]c(OCc2cc(F)ccc2F)c1. The van der Waals surface area contributed by atoms with Crippen LogP contribution in [0.15, 0.2) is 36.4 Å². The maximum Gasteiger partial charge on any atom is 0.130 e. The third kappa shape index (κ3) is 3.00. The molecular formula is C13H8F3O. The molecular weight excluding hydrogens is 229 g/mol. The van der Waals surface area contributed by atoms with Crippen LogP contribution >= 0.6 is 0 Å². The Morgan fingerprint density at radius 2 is 1.76 bits per heavy atom. The Morgan fingerprint density at radius 3 is 2.53 bits per heavy atom. The molecule has 0 aliphatic rings. The van der Waals surface area contributed by atoms with Crippen molar-refractivity contribution in [3.8, 4) is 5.75 Å². The zero-order valence-electron chi connectivity index (χ0n) is 8.71. The first-order valence-corrected chi connectivity index (χ1v) is 4.89. The quantitative estimate of drug-likeness (QED) is 0.794. The highest BCUT2D eigenvalue weighted by molar-refractivity contribution is 5.23. The molecule has 0 unspecified atom stereocenters. The third-order valence-electron chi connectivity index (χ3n) is 2.13. The van der Waals surface area contributed by atoms with E-state index in [1.54, 1.807) is 0 Å². The van der Waals surface area contributed by atoms with Crippen LogP contribution in [0.4, 0.5) is 13.2 Å². The molecule has 0 aliphatic heterocycles. The Bertz CT molecular complexity index is 526. The number of hydrogen-bond donors (Lipinski definition) is 0. The second-order valence-electron chi connectivity index (χ2n) is 3.40. The Balaban J connectivity index is 2.09. The van der Waals surface area contributed by atoms with Gasteiger partial charge in [-0.3, -0.25) is 0 Å². The van der Waals surface area contributed by atoms with E-state index in [0.29, 0.717) is 0 Å². The highest BCUT2D eigenvalue weighted by Gasteiger charge is 2.05. The van der Waals surface area contributed by atoms with Crippen LogP contribution in [-0.2, 0) is 6.61 Å². The van der Waals surface area contributed by atoms with Crippen LogP contribution in [0.3, 0.4) is 0 Å². The highest BCUT2D eigenvalue weighted by atomic mass is 19.1. The lowest BCUT2D eigenvalue weighted by Crippen LogP contribution is -1.99. The van der Waals surface area contributed by atoms with Crippen molar-refractivity contribution in [2.24, 2.45) is 0 Å². The van der Waals surface area contributed by atoms with Gasteiger partial charge in [-0.05, 0) is 30.3 Å². The number of halogens is 3. The molecule has 1 nitrogen and oxygen atoms in total. The number of rotatable bonds is 3. The molecule has 0 fully saturated rings. The van der Waals surface area contributed by atoms with E-state index in [1.165, 1.54) is 12.1 Å². The number of hydrogen-bond acceptors (Lipinski definition) is 1. The lowest BCUT2D eigenvalue weighted by molar-refractivity contribution is 0.297. The second kappa shape index (κ2) is 4.91. The van der Waals surface area contributed by atoms with Crippen molar-refractivity contribution in [1.82, 2.24) is 0 Å². The molecule has 2 rings (SSSR count). The van der Waals surface area contributed by atoms with Crippen molar-refractivity contribution >= 4 is 0 Å². The summed E-state index contributed by atoms with van der Waals surface area (Å²) in [5.74, 6) is -1.44. The van der Waals surface area contributed by atoms with Crippen LogP contribution in [0.1, 0.15) is 5.56 Å². The minimum Gasteiger partial charge on any atom is -0.488 e. The number of benzene rings is 2. The van der Waals surface area contributed by atoms with Gasteiger partial charge in [0.05, 0.1) is 0 Å². The van der Waals surface area contributed by atoms with Gasteiger partial charge in [-0.1, -0.05) is 0 Å². The van der Waals surface area contributed by atoms with Crippen LogP contribution in [0.5, 0.6) is 5.75 Å². The fourth-order valence-electron chi connectivity index (χ4n) is 1.31. The molecule has 0 saturated carbocycles. The zero-order chi connectivity index (χ0) is 12.3. The summed E-state index contributed by atoms with van der Waals surface area (Å²) in [6, 6.07) is 9.40. The predicted molar refractivity (Wildman–Crippen MR) is 55.9 cm³/mol. The van der Waals surface area contributed by atoms with Gasteiger partial charge >= 0.3 is 0 Å². The van der Waals surface area contributed by atoms with E-state index in [2.05, 4.69) is 6.07 Å². The average Bonchev–Trinajstić information content (AvgIpc) is 2.30. The smallest absolute Gasteiger partial charge is 0.130 e. The Labute approximate surface area is 96.5 Å². The topological polar surface area (TPSA) is 9.23 Å². The fourth-order valence-corrected chi connectivity index (χ4v) is 1.31. The summed E-state index contributed by atoms with van der Waals surface area (Å²) in [6.45, 7) is -0.177. The molecule has 0 spiro atoms. The van der Waals surface area contributed by atoms with Gasteiger partial charge in [0.1, 0.15) is 29.8 Å². The van der Waals surface area contributed by atoms with Crippen LogP contribution in [0, 0.1) is 23.5 Å². The van der Waals surface area contributed by atoms with E-state index in [4.69, 9.17) is 4.74 Å².